The Morgan fingerprint density at radius 1 is 1.58 bits per heavy atom. The van der Waals surface area contributed by atoms with Gasteiger partial charge in [-0.25, -0.2) is 0 Å². The van der Waals surface area contributed by atoms with Crippen molar-refractivity contribution in [1.82, 2.24) is 0 Å². The van der Waals surface area contributed by atoms with Gasteiger partial charge in [-0.05, 0) is 6.07 Å². The zero-order valence-corrected chi connectivity index (χ0v) is 7.04. The molecule has 0 spiro atoms. The molecule has 1 aromatic rings. The van der Waals surface area contributed by atoms with Crippen LogP contribution < -0.4 is 4.74 Å². The van der Waals surface area contributed by atoms with E-state index in [1.54, 1.807) is 6.07 Å². The van der Waals surface area contributed by atoms with Crippen molar-refractivity contribution in [2.75, 3.05) is 7.11 Å². The van der Waals surface area contributed by atoms with Crippen LogP contribution in [0.25, 0.3) is 0 Å². The highest BCUT2D eigenvalue weighted by Crippen LogP contribution is 2.32. The van der Waals surface area contributed by atoms with Crippen molar-refractivity contribution in [3.05, 3.63) is 33.3 Å². The highest BCUT2D eigenvalue weighted by atomic mass is 35.5. The molecular formula is C7H6ClNO3. The summed E-state index contributed by atoms with van der Waals surface area (Å²) in [6.45, 7) is 0. The van der Waals surface area contributed by atoms with E-state index >= 15 is 0 Å². The molecule has 0 aromatic heterocycles. The largest absolute Gasteiger partial charge is 0.495 e. The van der Waals surface area contributed by atoms with Crippen LogP contribution in [0, 0.1) is 10.1 Å². The fraction of sp³-hybridized carbons (Fsp3) is 0.143. The van der Waals surface area contributed by atoms with Crippen LogP contribution in [-0.2, 0) is 0 Å². The zero-order valence-electron chi connectivity index (χ0n) is 6.28. The maximum absolute atomic E-state index is 10.4. The summed E-state index contributed by atoms with van der Waals surface area (Å²) in [5, 5.41) is 10.4. The summed E-state index contributed by atoms with van der Waals surface area (Å²) in [5.41, 5.74) is -0.143. The van der Waals surface area contributed by atoms with Crippen molar-refractivity contribution in [3.8, 4) is 5.75 Å². The Morgan fingerprint density at radius 3 is 2.75 bits per heavy atom. The van der Waals surface area contributed by atoms with Gasteiger partial charge in [0.25, 0.3) is 5.69 Å². The number of methoxy groups -OCH3 is 1. The number of benzene rings is 1. The first-order valence-electron chi connectivity index (χ1n) is 3.13. The third-order valence-corrected chi connectivity index (χ3v) is 1.74. The van der Waals surface area contributed by atoms with Crippen LogP contribution >= 0.6 is 11.6 Å². The molecule has 12 heavy (non-hydrogen) atoms. The SMILES string of the molecule is COc1cccc([N+](=O)[O-])c1Cl. The molecule has 0 saturated carbocycles. The number of hydrogen-bond acceptors (Lipinski definition) is 3. The summed E-state index contributed by atoms with van der Waals surface area (Å²) >= 11 is 5.64. The van der Waals surface area contributed by atoms with E-state index in [0.717, 1.165) is 0 Å². The first kappa shape index (κ1) is 8.80. The summed E-state index contributed by atoms with van der Waals surface area (Å²) < 4.78 is 4.80. The maximum atomic E-state index is 10.4. The molecule has 0 fully saturated rings. The molecule has 5 heteroatoms. The van der Waals surface area contributed by atoms with Crippen LogP contribution in [0.4, 0.5) is 5.69 Å². The average Bonchev–Trinajstić information content (AvgIpc) is 2.04. The summed E-state index contributed by atoms with van der Waals surface area (Å²) in [5.74, 6) is 0.311. The molecular weight excluding hydrogens is 182 g/mol. The minimum absolute atomic E-state index is 0.0324. The summed E-state index contributed by atoms with van der Waals surface area (Å²) in [7, 11) is 1.41. The van der Waals surface area contributed by atoms with E-state index < -0.39 is 4.92 Å². The van der Waals surface area contributed by atoms with E-state index in [9.17, 15) is 10.1 Å². The number of nitro benzene ring substituents is 1. The molecule has 0 N–H and O–H groups in total. The molecule has 0 aliphatic carbocycles. The lowest BCUT2D eigenvalue weighted by Gasteiger charge is -2.01. The molecule has 1 aromatic carbocycles. The van der Waals surface area contributed by atoms with Gasteiger partial charge in [-0.15, -0.1) is 0 Å². The van der Waals surface area contributed by atoms with Gasteiger partial charge in [0.15, 0.2) is 5.02 Å². The third-order valence-electron chi connectivity index (χ3n) is 1.36. The highest BCUT2D eigenvalue weighted by molar-refractivity contribution is 6.34. The molecule has 0 atom stereocenters. The second-order valence-corrected chi connectivity index (χ2v) is 2.43. The Hall–Kier alpha value is -1.29. The minimum Gasteiger partial charge on any atom is -0.495 e. The molecule has 0 radical (unpaired) electrons. The third kappa shape index (κ3) is 1.48. The molecule has 0 amide bonds. The molecule has 0 bridgehead atoms. The first-order chi connectivity index (χ1) is 5.66. The van der Waals surface area contributed by atoms with Crippen molar-refractivity contribution < 1.29 is 9.66 Å². The first-order valence-corrected chi connectivity index (χ1v) is 3.51. The monoisotopic (exact) mass is 187 g/mol. The number of hydrogen-bond donors (Lipinski definition) is 0. The van der Waals surface area contributed by atoms with Crippen molar-refractivity contribution in [1.29, 1.82) is 0 Å². The number of ether oxygens (including phenoxy) is 1. The van der Waals surface area contributed by atoms with Gasteiger partial charge >= 0.3 is 0 Å². The maximum Gasteiger partial charge on any atom is 0.291 e. The lowest BCUT2D eigenvalue weighted by atomic mass is 10.3. The fourth-order valence-electron chi connectivity index (χ4n) is 0.798. The van der Waals surface area contributed by atoms with Gasteiger partial charge in [-0.1, -0.05) is 17.7 Å². The number of nitro groups is 1. The molecule has 0 saturated heterocycles. The minimum atomic E-state index is -0.551. The molecule has 0 unspecified atom stereocenters. The molecule has 1 rings (SSSR count). The highest BCUT2D eigenvalue weighted by Gasteiger charge is 2.15. The summed E-state index contributed by atoms with van der Waals surface area (Å²) in [6.07, 6.45) is 0. The van der Waals surface area contributed by atoms with Gasteiger partial charge in [-0.2, -0.15) is 0 Å². The number of halogens is 1. The zero-order chi connectivity index (χ0) is 9.14. The van der Waals surface area contributed by atoms with E-state index in [0.29, 0.717) is 5.75 Å². The quantitative estimate of drug-likeness (QED) is 0.527. The van der Waals surface area contributed by atoms with Crippen molar-refractivity contribution >= 4 is 17.3 Å². The van der Waals surface area contributed by atoms with Crippen LogP contribution in [0.5, 0.6) is 5.75 Å². The van der Waals surface area contributed by atoms with Gasteiger partial charge in [0.2, 0.25) is 0 Å². The lowest BCUT2D eigenvalue weighted by molar-refractivity contribution is -0.384. The molecule has 64 valence electrons. The van der Waals surface area contributed by atoms with Gasteiger partial charge in [-0.3, -0.25) is 10.1 Å². The van der Waals surface area contributed by atoms with Gasteiger partial charge in [0, 0.05) is 6.07 Å². The summed E-state index contributed by atoms with van der Waals surface area (Å²) in [6, 6.07) is 4.41. The Bertz CT molecular complexity index is 314. The molecule has 0 heterocycles. The molecule has 0 aliphatic rings. The van der Waals surface area contributed by atoms with Gasteiger partial charge < -0.3 is 4.74 Å². The van der Waals surface area contributed by atoms with E-state index in [1.165, 1.54) is 19.2 Å². The second-order valence-electron chi connectivity index (χ2n) is 2.05. The van der Waals surface area contributed by atoms with E-state index in [2.05, 4.69) is 0 Å². The van der Waals surface area contributed by atoms with Crippen LogP contribution in [0.15, 0.2) is 18.2 Å². The van der Waals surface area contributed by atoms with Crippen LogP contribution in [-0.4, -0.2) is 12.0 Å². The van der Waals surface area contributed by atoms with E-state index in [-0.39, 0.29) is 10.7 Å². The fourth-order valence-corrected chi connectivity index (χ4v) is 1.07. The van der Waals surface area contributed by atoms with E-state index in [4.69, 9.17) is 16.3 Å². The van der Waals surface area contributed by atoms with Crippen LogP contribution in [0.3, 0.4) is 0 Å². The van der Waals surface area contributed by atoms with Gasteiger partial charge in [0.05, 0.1) is 12.0 Å². The van der Waals surface area contributed by atoms with Crippen molar-refractivity contribution in [2.45, 2.75) is 0 Å². The molecule has 4 nitrogen and oxygen atoms in total. The Morgan fingerprint density at radius 2 is 2.25 bits per heavy atom. The van der Waals surface area contributed by atoms with Gasteiger partial charge in [0.1, 0.15) is 5.75 Å². The topological polar surface area (TPSA) is 52.4 Å². The normalized spacial score (nSPS) is 9.50. The lowest BCUT2D eigenvalue weighted by Crippen LogP contribution is -1.91. The van der Waals surface area contributed by atoms with Crippen molar-refractivity contribution in [3.63, 3.8) is 0 Å². The van der Waals surface area contributed by atoms with Crippen molar-refractivity contribution in [2.24, 2.45) is 0 Å². The van der Waals surface area contributed by atoms with Crippen LogP contribution in [0.2, 0.25) is 5.02 Å². The number of rotatable bonds is 2. The van der Waals surface area contributed by atoms with Crippen LogP contribution in [0.1, 0.15) is 0 Å². The smallest absolute Gasteiger partial charge is 0.291 e. The van der Waals surface area contributed by atoms with E-state index in [1.807, 2.05) is 0 Å². The Balaban J connectivity index is 3.23. The average molecular weight is 188 g/mol. The summed E-state index contributed by atoms with van der Waals surface area (Å²) in [4.78, 5) is 9.80. The Labute approximate surface area is 73.9 Å². The molecule has 0 aliphatic heterocycles. The number of nitrogens with zero attached hydrogens (tertiary/aromatic N) is 1. The second kappa shape index (κ2) is 3.40. The standard InChI is InChI=1S/C7H6ClNO3/c1-12-6-4-2-3-5(7(6)8)9(10)11/h2-4H,1H3. The Kier molecular flexibility index (Phi) is 2.50. The predicted molar refractivity (Wildman–Crippen MR) is 44.7 cm³/mol. The predicted octanol–water partition coefficient (Wildman–Crippen LogP) is 2.26.